The lowest BCUT2D eigenvalue weighted by Crippen LogP contribution is -2.51. The first-order valence-electron chi connectivity index (χ1n) is 13.3. The van der Waals surface area contributed by atoms with E-state index in [9.17, 15) is 9.59 Å². The highest BCUT2D eigenvalue weighted by Gasteiger charge is 2.32. The number of hydrogen-bond acceptors (Lipinski definition) is 2. The Bertz CT molecular complexity index is 1080. The van der Waals surface area contributed by atoms with Crippen LogP contribution in [-0.2, 0) is 16.1 Å². The van der Waals surface area contributed by atoms with E-state index in [1.54, 1.807) is 0 Å². The summed E-state index contributed by atoms with van der Waals surface area (Å²) in [5.41, 5.74) is 4.42. The molecule has 2 amide bonds. The van der Waals surface area contributed by atoms with Crippen LogP contribution in [0.2, 0.25) is 0 Å². The van der Waals surface area contributed by atoms with E-state index in [-0.39, 0.29) is 23.8 Å². The Labute approximate surface area is 215 Å². The number of hydrogen-bond donors (Lipinski definition) is 1. The molecule has 4 nitrogen and oxygen atoms in total. The number of carbonyl (C=O) groups excluding carboxylic acids is 2. The molecule has 0 spiro atoms. The normalized spacial score (nSPS) is 14.5. The van der Waals surface area contributed by atoms with Crippen LogP contribution in [0.25, 0.3) is 0 Å². The fourth-order valence-corrected chi connectivity index (χ4v) is 5.35. The van der Waals surface area contributed by atoms with Gasteiger partial charge in [-0.25, -0.2) is 0 Å². The van der Waals surface area contributed by atoms with Crippen molar-refractivity contribution in [2.45, 2.75) is 76.9 Å². The number of rotatable bonds is 10. The van der Waals surface area contributed by atoms with Crippen LogP contribution >= 0.6 is 0 Å². The molecule has 188 valence electrons. The molecule has 1 saturated carbocycles. The summed E-state index contributed by atoms with van der Waals surface area (Å²) in [4.78, 5) is 29.4. The number of benzene rings is 3. The minimum atomic E-state index is -0.495. The number of amides is 2. The van der Waals surface area contributed by atoms with E-state index in [0.29, 0.717) is 19.4 Å². The van der Waals surface area contributed by atoms with E-state index in [1.165, 1.54) is 0 Å². The van der Waals surface area contributed by atoms with Gasteiger partial charge in [0.15, 0.2) is 0 Å². The van der Waals surface area contributed by atoms with Gasteiger partial charge in [0, 0.05) is 24.9 Å². The second-order valence-corrected chi connectivity index (χ2v) is 9.94. The number of nitrogens with one attached hydrogen (secondary N) is 1. The van der Waals surface area contributed by atoms with Crippen LogP contribution in [0.5, 0.6) is 0 Å². The summed E-state index contributed by atoms with van der Waals surface area (Å²) >= 11 is 0. The van der Waals surface area contributed by atoms with E-state index in [2.05, 4.69) is 48.6 Å². The van der Waals surface area contributed by atoms with Gasteiger partial charge >= 0.3 is 0 Å². The topological polar surface area (TPSA) is 49.4 Å². The van der Waals surface area contributed by atoms with Crippen LogP contribution in [0.1, 0.15) is 73.6 Å². The third-order valence-corrected chi connectivity index (χ3v) is 7.47. The van der Waals surface area contributed by atoms with Gasteiger partial charge in [0.2, 0.25) is 11.8 Å². The molecular formula is C32H38N2O2. The van der Waals surface area contributed by atoms with Crippen molar-refractivity contribution in [3.05, 3.63) is 107 Å². The van der Waals surface area contributed by atoms with Gasteiger partial charge in [-0.05, 0) is 48.4 Å². The van der Waals surface area contributed by atoms with Crippen LogP contribution in [0, 0.1) is 6.92 Å². The molecule has 0 bridgehead atoms. The van der Waals surface area contributed by atoms with Crippen molar-refractivity contribution in [1.82, 2.24) is 10.2 Å². The van der Waals surface area contributed by atoms with Gasteiger partial charge in [0.1, 0.15) is 6.04 Å². The van der Waals surface area contributed by atoms with Crippen LogP contribution in [0.4, 0.5) is 0 Å². The predicted octanol–water partition coefficient (Wildman–Crippen LogP) is 6.38. The van der Waals surface area contributed by atoms with Crippen molar-refractivity contribution < 1.29 is 9.59 Å². The summed E-state index contributed by atoms with van der Waals surface area (Å²) < 4.78 is 0. The molecule has 4 heteroatoms. The highest BCUT2D eigenvalue weighted by Crippen LogP contribution is 2.30. The molecule has 0 saturated heterocycles. The second kappa shape index (κ2) is 12.5. The van der Waals surface area contributed by atoms with Crippen molar-refractivity contribution >= 4 is 11.8 Å². The molecule has 1 atom stereocenters. The monoisotopic (exact) mass is 482 g/mol. The molecule has 1 aliphatic rings. The zero-order chi connectivity index (χ0) is 25.3. The van der Waals surface area contributed by atoms with Gasteiger partial charge in [0.05, 0.1) is 0 Å². The second-order valence-electron chi connectivity index (χ2n) is 9.94. The smallest absolute Gasteiger partial charge is 0.243 e. The highest BCUT2D eigenvalue weighted by molar-refractivity contribution is 5.88. The zero-order valence-corrected chi connectivity index (χ0v) is 21.5. The van der Waals surface area contributed by atoms with Crippen LogP contribution in [-0.4, -0.2) is 28.8 Å². The Morgan fingerprint density at radius 2 is 1.42 bits per heavy atom. The van der Waals surface area contributed by atoms with Crippen LogP contribution in [0.3, 0.4) is 0 Å². The van der Waals surface area contributed by atoms with Crippen molar-refractivity contribution in [2.24, 2.45) is 0 Å². The molecule has 1 fully saturated rings. The minimum Gasteiger partial charge on any atom is -0.352 e. The molecule has 0 aliphatic heterocycles. The van der Waals surface area contributed by atoms with Crippen LogP contribution < -0.4 is 5.32 Å². The number of carbonyl (C=O) groups is 2. The molecule has 3 aromatic rings. The average molecular weight is 483 g/mol. The summed E-state index contributed by atoms with van der Waals surface area (Å²) in [7, 11) is 0. The Balaban J connectivity index is 1.64. The molecule has 1 N–H and O–H groups in total. The first kappa shape index (κ1) is 25.7. The lowest BCUT2D eigenvalue weighted by atomic mass is 9.88. The third-order valence-electron chi connectivity index (χ3n) is 7.47. The van der Waals surface area contributed by atoms with Crippen molar-refractivity contribution in [3.8, 4) is 0 Å². The lowest BCUT2D eigenvalue weighted by Gasteiger charge is -2.33. The summed E-state index contributed by atoms with van der Waals surface area (Å²) in [5, 5.41) is 3.25. The van der Waals surface area contributed by atoms with Gasteiger partial charge < -0.3 is 10.2 Å². The summed E-state index contributed by atoms with van der Waals surface area (Å²) in [6.45, 7) is 4.50. The molecule has 3 aromatic carbocycles. The molecule has 0 heterocycles. The van der Waals surface area contributed by atoms with E-state index < -0.39 is 6.04 Å². The van der Waals surface area contributed by atoms with Gasteiger partial charge in [-0.2, -0.15) is 0 Å². The van der Waals surface area contributed by atoms with Gasteiger partial charge in [-0.3, -0.25) is 9.59 Å². The largest absolute Gasteiger partial charge is 0.352 e. The Morgan fingerprint density at radius 3 is 1.97 bits per heavy atom. The van der Waals surface area contributed by atoms with Crippen molar-refractivity contribution in [3.63, 3.8) is 0 Å². The first-order chi connectivity index (χ1) is 17.6. The fourth-order valence-electron chi connectivity index (χ4n) is 5.35. The summed E-state index contributed by atoms with van der Waals surface area (Å²) in [6, 6.07) is 28.3. The minimum absolute atomic E-state index is 0.00406. The summed E-state index contributed by atoms with van der Waals surface area (Å²) in [5.74, 6) is -0.0960. The Kier molecular flexibility index (Phi) is 8.94. The average Bonchev–Trinajstić information content (AvgIpc) is 3.42. The molecular weight excluding hydrogens is 444 g/mol. The quantitative estimate of drug-likeness (QED) is 0.364. The van der Waals surface area contributed by atoms with E-state index in [4.69, 9.17) is 0 Å². The molecule has 0 aromatic heterocycles. The summed E-state index contributed by atoms with van der Waals surface area (Å²) in [6.07, 6.45) is 5.26. The highest BCUT2D eigenvalue weighted by atomic mass is 16.2. The fraction of sp³-hybridized carbons (Fsp3) is 0.375. The van der Waals surface area contributed by atoms with Crippen molar-refractivity contribution in [1.29, 1.82) is 0 Å². The van der Waals surface area contributed by atoms with Crippen molar-refractivity contribution in [2.75, 3.05) is 0 Å². The molecule has 4 rings (SSSR count). The van der Waals surface area contributed by atoms with E-state index in [0.717, 1.165) is 47.9 Å². The Hall–Kier alpha value is -3.40. The maximum Gasteiger partial charge on any atom is 0.243 e. The molecule has 0 radical (unpaired) electrons. The third kappa shape index (κ3) is 6.42. The van der Waals surface area contributed by atoms with Crippen LogP contribution in [0.15, 0.2) is 84.9 Å². The standard InChI is InChI=1S/C32H38N2O2/c1-3-30(32(36)33-28-20-12-13-21-28)34(23-27-19-11-10-14-24(27)2)31(35)22-29(25-15-6-4-7-16-25)26-17-8-5-9-18-26/h4-11,14-19,28-30H,3,12-13,20-23H2,1-2H3,(H,33,36)/t30-/m0/s1. The molecule has 0 unspecified atom stereocenters. The van der Waals surface area contributed by atoms with Gasteiger partial charge in [-0.1, -0.05) is 105 Å². The number of aryl methyl sites for hydroxylation is 1. The zero-order valence-electron chi connectivity index (χ0n) is 21.5. The van der Waals surface area contributed by atoms with Gasteiger partial charge in [0.25, 0.3) is 0 Å². The van der Waals surface area contributed by atoms with E-state index in [1.807, 2.05) is 60.4 Å². The first-order valence-corrected chi connectivity index (χ1v) is 13.3. The van der Waals surface area contributed by atoms with Gasteiger partial charge in [-0.15, -0.1) is 0 Å². The molecule has 36 heavy (non-hydrogen) atoms. The number of nitrogens with zero attached hydrogens (tertiary/aromatic N) is 1. The van der Waals surface area contributed by atoms with E-state index >= 15 is 0 Å². The predicted molar refractivity (Wildman–Crippen MR) is 146 cm³/mol. The molecule has 1 aliphatic carbocycles. The maximum atomic E-state index is 14.1. The lowest BCUT2D eigenvalue weighted by molar-refractivity contribution is -0.141. The SMILES string of the molecule is CC[C@@H](C(=O)NC1CCCC1)N(Cc1ccccc1C)C(=O)CC(c1ccccc1)c1ccccc1. The maximum absolute atomic E-state index is 14.1. The Morgan fingerprint density at radius 1 is 0.861 bits per heavy atom.